The Morgan fingerprint density at radius 2 is 1.69 bits per heavy atom. The number of unbranched alkanes of at least 4 members (excludes halogenated alkanes) is 2. The first-order chi connectivity index (χ1) is 12.6. The van der Waals surface area contributed by atoms with Crippen LogP contribution < -0.4 is 10.6 Å². The Hall–Kier alpha value is -1.10. The van der Waals surface area contributed by atoms with Crippen molar-refractivity contribution in [2.45, 2.75) is 84.1 Å². The largest absolute Gasteiger partial charge is 0.356 e. The predicted molar refractivity (Wildman–Crippen MR) is 106 cm³/mol. The third kappa shape index (κ3) is 6.90. The number of nitrogens with zero attached hydrogens (tertiary/aromatic N) is 1. The molecule has 5 nitrogen and oxygen atoms in total. The van der Waals surface area contributed by atoms with Gasteiger partial charge in [0.05, 0.1) is 6.04 Å². The molecule has 1 unspecified atom stereocenters. The van der Waals surface area contributed by atoms with E-state index in [9.17, 15) is 9.59 Å². The van der Waals surface area contributed by atoms with Crippen molar-refractivity contribution in [1.82, 2.24) is 15.5 Å². The van der Waals surface area contributed by atoms with Gasteiger partial charge in [0.15, 0.2) is 0 Å². The highest BCUT2D eigenvalue weighted by atomic mass is 16.2. The molecule has 0 aromatic carbocycles. The smallest absolute Gasteiger partial charge is 0.237 e. The number of amides is 2. The predicted octanol–water partition coefficient (Wildman–Crippen LogP) is 3.09. The number of hydrogen-bond acceptors (Lipinski definition) is 3. The molecule has 2 aliphatic rings. The molecule has 0 aromatic rings. The van der Waals surface area contributed by atoms with Crippen LogP contribution in [0.5, 0.6) is 0 Å². The van der Waals surface area contributed by atoms with Crippen LogP contribution in [0.1, 0.15) is 78.1 Å². The number of rotatable bonds is 9. The molecule has 2 fully saturated rings. The molecular formula is C21H39N3O2. The molecule has 2 rings (SSSR count). The molecule has 2 amide bonds. The summed E-state index contributed by atoms with van der Waals surface area (Å²) in [6.07, 6.45) is 11.6. The van der Waals surface area contributed by atoms with Crippen LogP contribution in [0.25, 0.3) is 0 Å². The van der Waals surface area contributed by atoms with Crippen molar-refractivity contribution in [2.75, 3.05) is 26.2 Å². The summed E-state index contributed by atoms with van der Waals surface area (Å²) in [5.41, 5.74) is 0. The third-order valence-corrected chi connectivity index (χ3v) is 6.20. The summed E-state index contributed by atoms with van der Waals surface area (Å²) < 4.78 is 0. The summed E-state index contributed by atoms with van der Waals surface area (Å²) in [6, 6.07) is -0.0906. The van der Waals surface area contributed by atoms with Crippen molar-refractivity contribution in [3.8, 4) is 0 Å². The molecule has 150 valence electrons. The van der Waals surface area contributed by atoms with E-state index < -0.39 is 0 Å². The van der Waals surface area contributed by atoms with E-state index in [-0.39, 0.29) is 23.8 Å². The Morgan fingerprint density at radius 1 is 1.00 bits per heavy atom. The van der Waals surface area contributed by atoms with Gasteiger partial charge in [-0.05, 0) is 58.0 Å². The second-order valence-corrected chi connectivity index (χ2v) is 8.23. The van der Waals surface area contributed by atoms with Crippen LogP contribution in [0.3, 0.4) is 0 Å². The quantitative estimate of drug-likeness (QED) is 0.617. The maximum Gasteiger partial charge on any atom is 0.237 e. The zero-order valence-corrected chi connectivity index (χ0v) is 16.9. The number of piperidine rings is 1. The summed E-state index contributed by atoms with van der Waals surface area (Å²) in [5, 5.41) is 6.24. The first-order valence-corrected chi connectivity index (χ1v) is 10.9. The summed E-state index contributed by atoms with van der Waals surface area (Å²) >= 11 is 0. The second-order valence-electron chi connectivity index (χ2n) is 8.23. The van der Waals surface area contributed by atoms with Gasteiger partial charge in [-0.15, -0.1) is 0 Å². The van der Waals surface area contributed by atoms with Gasteiger partial charge >= 0.3 is 0 Å². The van der Waals surface area contributed by atoms with Crippen molar-refractivity contribution in [3.63, 3.8) is 0 Å². The standard InChI is InChI=1S/C21H39N3O2/c1-3-4-8-13-22-21(26)19-11-14-24(15-12-19)17(2)20(25)23-16-18-9-6-5-7-10-18/h17-19H,3-16H2,1-2H3,(H,22,26)(H,23,25). The number of nitrogens with one attached hydrogen (secondary N) is 2. The van der Waals surface area contributed by atoms with Crippen LogP contribution >= 0.6 is 0 Å². The average molecular weight is 366 g/mol. The first-order valence-electron chi connectivity index (χ1n) is 10.9. The van der Waals surface area contributed by atoms with Gasteiger partial charge in [0, 0.05) is 19.0 Å². The van der Waals surface area contributed by atoms with Crippen LogP contribution in [0, 0.1) is 11.8 Å². The van der Waals surface area contributed by atoms with E-state index in [1.165, 1.54) is 44.9 Å². The van der Waals surface area contributed by atoms with Gasteiger partial charge in [-0.2, -0.15) is 0 Å². The fourth-order valence-electron chi connectivity index (χ4n) is 4.23. The number of carbonyl (C=O) groups is 2. The van der Waals surface area contributed by atoms with Crippen LogP contribution in [0.2, 0.25) is 0 Å². The maximum absolute atomic E-state index is 12.5. The topological polar surface area (TPSA) is 61.4 Å². The van der Waals surface area contributed by atoms with Gasteiger partial charge in [-0.3, -0.25) is 14.5 Å². The SMILES string of the molecule is CCCCCNC(=O)C1CCN(C(C)C(=O)NCC2CCCCC2)CC1. The monoisotopic (exact) mass is 365 g/mol. The minimum Gasteiger partial charge on any atom is -0.356 e. The van der Waals surface area contributed by atoms with E-state index in [1.807, 2.05) is 6.92 Å². The Kier molecular flexibility index (Phi) is 9.44. The van der Waals surface area contributed by atoms with Gasteiger partial charge in [0.1, 0.15) is 0 Å². The Labute approximate surface area is 159 Å². The molecule has 1 saturated heterocycles. The molecule has 1 atom stereocenters. The fraction of sp³-hybridized carbons (Fsp3) is 0.905. The van der Waals surface area contributed by atoms with Crippen molar-refractivity contribution in [1.29, 1.82) is 0 Å². The number of carbonyl (C=O) groups excluding carboxylic acids is 2. The summed E-state index contributed by atoms with van der Waals surface area (Å²) in [4.78, 5) is 26.9. The molecule has 0 radical (unpaired) electrons. The Morgan fingerprint density at radius 3 is 2.35 bits per heavy atom. The van der Waals surface area contributed by atoms with E-state index in [0.29, 0.717) is 5.92 Å². The molecule has 1 aliphatic heterocycles. The van der Waals surface area contributed by atoms with Crippen LogP contribution in [-0.2, 0) is 9.59 Å². The molecule has 5 heteroatoms. The van der Waals surface area contributed by atoms with Crippen molar-refractivity contribution in [2.24, 2.45) is 11.8 Å². The normalized spacial score (nSPS) is 21.3. The molecule has 1 saturated carbocycles. The summed E-state index contributed by atoms with van der Waals surface area (Å²) in [6.45, 7) is 7.48. The van der Waals surface area contributed by atoms with E-state index in [0.717, 1.165) is 45.4 Å². The molecule has 2 N–H and O–H groups in total. The van der Waals surface area contributed by atoms with Gasteiger partial charge < -0.3 is 10.6 Å². The van der Waals surface area contributed by atoms with Gasteiger partial charge in [-0.1, -0.05) is 39.0 Å². The minimum absolute atomic E-state index is 0.0906. The average Bonchev–Trinajstić information content (AvgIpc) is 2.69. The summed E-state index contributed by atoms with van der Waals surface area (Å²) in [7, 11) is 0. The Bertz CT molecular complexity index is 427. The number of likely N-dealkylation sites (tertiary alicyclic amines) is 1. The zero-order valence-electron chi connectivity index (χ0n) is 16.9. The van der Waals surface area contributed by atoms with Crippen molar-refractivity contribution >= 4 is 11.8 Å². The van der Waals surface area contributed by atoms with Crippen molar-refractivity contribution < 1.29 is 9.59 Å². The summed E-state index contributed by atoms with van der Waals surface area (Å²) in [5.74, 6) is 1.14. The number of hydrogen-bond donors (Lipinski definition) is 2. The van der Waals surface area contributed by atoms with E-state index in [4.69, 9.17) is 0 Å². The maximum atomic E-state index is 12.5. The lowest BCUT2D eigenvalue weighted by molar-refractivity contribution is -0.128. The lowest BCUT2D eigenvalue weighted by Crippen LogP contribution is -2.50. The lowest BCUT2D eigenvalue weighted by atomic mass is 9.89. The molecule has 1 heterocycles. The van der Waals surface area contributed by atoms with Crippen LogP contribution in [-0.4, -0.2) is 48.9 Å². The molecule has 0 spiro atoms. The fourth-order valence-corrected chi connectivity index (χ4v) is 4.23. The van der Waals surface area contributed by atoms with E-state index >= 15 is 0 Å². The van der Waals surface area contributed by atoms with Crippen molar-refractivity contribution in [3.05, 3.63) is 0 Å². The first kappa shape index (κ1) is 21.2. The van der Waals surface area contributed by atoms with Gasteiger partial charge in [0.2, 0.25) is 11.8 Å². The lowest BCUT2D eigenvalue weighted by Gasteiger charge is -2.35. The molecular weight excluding hydrogens is 326 g/mol. The van der Waals surface area contributed by atoms with E-state index in [1.54, 1.807) is 0 Å². The van der Waals surface area contributed by atoms with Gasteiger partial charge in [0.25, 0.3) is 0 Å². The second kappa shape index (κ2) is 11.6. The molecule has 1 aliphatic carbocycles. The molecule has 0 aromatic heterocycles. The van der Waals surface area contributed by atoms with Gasteiger partial charge in [-0.25, -0.2) is 0 Å². The minimum atomic E-state index is -0.0906. The zero-order chi connectivity index (χ0) is 18.8. The highest BCUT2D eigenvalue weighted by Crippen LogP contribution is 2.23. The third-order valence-electron chi connectivity index (χ3n) is 6.20. The highest BCUT2D eigenvalue weighted by Gasteiger charge is 2.29. The molecule has 0 bridgehead atoms. The van der Waals surface area contributed by atoms with E-state index in [2.05, 4.69) is 22.5 Å². The van der Waals surface area contributed by atoms with Crippen LogP contribution in [0.4, 0.5) is 0 Å². The highest BCUT2D eigenvalue weighted by molar-refractivity contribution is 5.81. The molecule has 26 heavy (non-hydrogen) atoms. The Balaban J connectivity index is 1.64. The van der Waals surface area contributed by atoms with Crippen LogP contribution in [0.15, 0.2) is 0 Å².